The summed E-state index contributed by atoms with van der Waals surface area (Å²) in [6, 6.07) is 0.772. The van der Waals surface area contributed by atoms with Crippen molar-refractivity contribution in [2.45, 2.75) is 51.5 Å². The first-order valence-corrected chi connectivity index (χ1v) is 5.43. The molecule has 0 heterocycles. The molecule has 0 bridgehead atoms. The minimum Gasteiger partial charge on any atom is -0.317 e. The van der Waals surface area contributed by atoms with Crippen LogP contribution in [0.5, 0.6) is 0 Å². The minimum absolute atomic E-state index is 0.772. The van der Waals surface area contributed by atoms with Crippen LogP contribution in [-0.2, 0) is 0 Å². The van der Waals surface area contributed by atoms with Crippen molar-refractivity contribution in [1.82, 2.24) is 5.32 Å². The van der Waals surface area contributed by atoms with E-state index in [1.165, 1.54) is 32.1 Å². The van der Waals surface area contributed by atoms with Gasteiger partial charge < -0.3 is 5.32 Å². The van der Waals surface area contributed by atoms with Crippen LogP contribution in [0.2, 0.25) is 0 Å². The standard InChI is InChI=1S/C12H21N/c1-3-4-5-7-11-8-6-9-12(10-11)13-2/h11-13H,5-10H2,1-2H3. The van der Waals surface area contributed by atoms with Crippen molar-refractivity contribution in [3.63, 3.8) is 0 Å². The van der Waals surface area contributed by atoms with Crippen molar-refractivity contribution >= 4 is 0 Å². The smallest absolute Gasteiger partial charge is 0.00912 e. The highest BCUT2D eigenvalue weighted by Crippen LogP contribution is 2.27. The van der Waals surface area contributed by atoms with Gasteiger partial charge in [-0.05, 0) is 39.2 Å². The highest BCUT2D eigenvalue weighted by molar-refractivity contribution is 4.95. The Bertz CT molecular complexity index is 187. The van der Waals surface area contributed by atoms with E-state index in [0.717, 1.165) is 18.4 Å². The van der Waals surface area contributed by atoms with Crippen LogP contribution >= 0.6 is 0 Å². The van der Waals surface area contributed by atoms with Gasteiger partial charge in [0.15, 0.2) is 0 Å². The lowest BCUT2D eigenvalue weighted by Crippen LogP contribution is -2.31. The summed E-state index contributed by atoms with van der Waals surface area (Å²) in [5, 5.41) is 3.39. The molecule has 0 aromatic rings. The molecule has 1 saturated carbocycles. The van der Waals surface area contributed by atoms with Gasteiger partial charge in [0, 0.05) is 12.5 Å². The van der Waals surface area contributed by atoms with Crippen molar-refractivity contribution in [2.75, 3.05) is 7.05 Å². The molecule has 2 atom stereocenters. The molecule has 13 heavy (non-hydrogen) atoms. The highest BCUT2D eigenvalue weighted by Gasteiger charge is 2.19. The third-order valence-electron chi connectivity index (χ3n) is 3.05. The fourth-order valence-electron chi connectivity index (χ4n) is 2.22. The Labute approximate surface area is 82.3 Å². The largest absolute Gasteiger partial charge is 0.317 e. The second kappa shape index (κ2) is 6.05. The van der Waals surface area contributed by atoms with E-state index in [-0.39, 0.29) is 0 Å². The molecule has 74 valence electrons. The third-order valence-corrected chi connectivity index (χ3v) is 3.05. The van der Waals surface area contributed by atoms with E-state index in [0.29, 0.717) is 0 Å². The van der Waals surface area contributed by atoms with Gasteiger partial charge in [0.25, 0.3) is 0 Å². The number of nitrogens with one attached hydrogen (secondary N) is 1. The molecule has 0 spiro atoms. The summed E-state index contributed by atoms with van der Waals surface area (Å²) >= 11 is 0. The van der Waals surface area contributed by atoms with Gasteiger partial charge in [-0.15, -0.1) is 11.8 Å². The van der Waals surface area contributed by atoms with Crippen LogP contribution in [0.15, 0.2) is 0 Å². The van der Waals surface area contributed by atoms with Gasteiger partial charge in [-0.1, -0.05) is 12.8 Å². The zero-order valence-corrected chi connectivity index (χ0v) is 8.90. The molecule has 1 aliphatic rings. The van der Waals surface area contributed by atoms with Gasteiger partial charge in [0.05, 0.1) is 0 Å². The lowest BCUT2D eigenvalue weighted by atomic mass is 9.83. The fraction of sp³-hybridized carbons (Fsp3) is 0.833. The van der Waals surface area contributed by atoms with Crippen LogP contribution in [0.25, 0.3) is 0 Å². The van der Waals surface area contributed by atoms with E-state index in [2.05, 4.69) is 24.2 Å². The Balaban J connectivity index is 2.20. The van der Waals surface area contributed by atoms with E-state index in [9.17, 15) is 0 Å². The first-order valence-electron chi connectivity index (χ1n) is 5.43. The van der Waals surface area contributed by atoms with E-state index in [1.54, 1.807) is 0 Å². The quantitative estimate of drug-likeness (QED) is 0.657. The van der Waals surface area contributed by atoms with Crippen molar-refractivity contribution in [3.05, 3.63) is 0 Å². The van der Waals surface area contributed by atoms with E-state index >= 15 is 0 Å². The first-order chi connectivity index (χ1) is 6.36. The number of hydrogen-bond acceptors (Lipinski definition) is 1. The highest BCUT2D eigenvalue weighted by atomic mass is 14.9. The molecule has 0 aromatic heterocycles. The van der Waals surface area contributed by atoms with Crippen LogP contribution in [0, 0.1) is 17.8 Å². The number of hydrogen-bond donors (Lipinski definition) is 1. The van der Waals surface area contributed by atoms with Crippen LogP contribution in [0.3, 0.4) is 0 Å². The summed E-state index contributed by atoms with van der Waals surface area (Å²) in [7, 11) is 2.08. The second-order valence-corrected chi connectivity index (χ2v) is 3.98. The third kappa shape index (κ3) is 3.83. The summed E-state index contributed by atoms with van der Waals surface area (Å²) in [4.78, 5) is 0. The zero-order valence-electron chi connectivity index (χ0n) is 8.90. The zero-order chi connectivity index (χ0) is 9.52. The van der Waals surface area contributed by atoms with Gasteiger partial charge in [-0.3, -0.25) is 0 Å². The van der Waals surface area contributed by atoms with Crippen molar-refractivity contribution in [1.29, 1.82) is 0 Å². The van der Waals surface area contributed by atoms with Gasteiger partial charge in [-0.2, -0.15) is 0 Å². The molecular formula is C12H21N. The Morgan fingerprint density at radius 1 is 1.38 bits per heavy atom. The summed E-state index contributed by atoms with van der Waals surface area (Å²) < 4.78 is 0. The van der Waals surface area contributed by atoms with Crippen LogP contribution in [0.1, 0.15) is 45.4 Å². The molecule has 1 heteroatoms. The van der Waals surface area contributed by atoms with E-state index in [4.69, 9.17) is 0 Å². The lowest BCUT2D eigenvalue weighted by molar-refractivity contribution is 0.284. The molecule has 1 N–H and O–H groups in total. The topological polar surface area (TPSA) is 12.0 Å². The summed E-state index contributed by atoms with van der Waals surface area (Å²) in [6.45, 7) is 1.93. The van der Waals surface area contributed by atoms with Crippen molar-refractivity contribution in [3.8, 4) is 11.8 Å². The molecular weight excluding hydrogens is 158 g/mol. The van der Waals surface area contributed by atoms with E-state index in [1.807, 2.05) is 6.92 Å². The average Bonchev–Trinajstić information content (AvgIpc) is 2.19. The van der Waals surface area contributed by atoms with Crippen LogP contribution in [0.4, 0.5) is 0 Å². The molecule has 0 radical (unpaired) electrons. The first kappa shape index (κ1) is 10.6. The monoisotopic (exact) mass is 179 g/mol. The molecule has 0 saturated heterocycles. The summed E-state index contributed by atoms with van der Waals surface area (Å²) in [5.41, 5.74) is 0. The van der Waals surface area contributed by atoms with Crippen molar-refractivity contribution < 1.29 is 0 Å². The molecule has 1 fully saturated rings. The van der Waals surface area contributed by atoms with E-state index < -0.39 is 0 Å². The van der Waals surface area contributed by atoms with Gasteiger partial charge in [-0.25, -0.2) is 0 Å². The molecule has 0 aliphatic heterocycles. The SMILES string of the molecule is CC#CCCC1CCCC(NC)C1. The molecule has 0 aromatic carbocycles. The number of rotatable bonds is 3. The Morgan fingerprint density at radius 2 is 2.23 bits per heavy atom. The maximum absolute atomic E-state index is 3.39. The molecule has 1 aliphatic carbocycles. The predicted molar refractivity (Wildman–Crippen MR) is 57.5 cm³/mol. The van der Waals surface area contributed by atoms with Crippen LogP contribution in [-0.4, -0.2) is 13.1 Å². The maximum atomic E-state index is 3.39. The summed E-state index contributed by atoms with van der Waals surface area (Å²) in [6.07, 6.45) is 7.95. The average molecular weight is 179 g/mol. The predicted octanol–water partition coefficient (Wildman–Crippen LogP) is 2.57. The Kier molecular flexibility index (Phi) is 4.93. The minimum atomic E-state index is 0.772. The molecule has 2 unspecified atom stereocenters. The van der Waals surface area contributed by atoms with Crippen molar-refractivity contribution in [2.24, 2.45) is 5.92 Å². The fourth-order valence-corrected chi connectivity index (χ4v) is 2.22. The second-order valence-electron chi connectivity index (χ2n) is 3.98. The Morgan fingerprint density at radius 3 is 2.92 bits per heavy atom. The molecule has 1 nitrogen and oxygen atoms in total. The summed E-state index contributed by atoms with van der Waals surface area (Å²) in [5.74, 6) is 7.05. The lowest BCUT2D eigenvalue weighted by Gasteiger charge is -2.28. The Hall–Kier alpha value is -0.480. The molecule has 1 rings (SSSR count). The normalized spacial score (nSPS) is 27.8. The maximum Gasteiger partial charge on any atom is 0.00912 e. The van der Waals surface area contributed by atoms with Crippen LogP contribution < -0.4 is 5.32 Å². The van der Waals surface area contributed by atoms with Gasteiger partial charge >= 0.3 is 0 Å². The van der Waals surface area contributed by atoms with Gasteiger partial charge in [0.1, 0.15) is 0 Å². The molecule has 0 amide bonds. The van der Waals surface area contributed by atoms with Gasteiger partial charge in [0.2, 0.25) is 0 Å².